The molecule has 0 aromatic carbocycles. The Morgan fingerprint density at radius 1 is 0.957 bits per heavy atom. The summed E-state index contributed by atoms with van der Waals surface area (Å²) in [6, 6.07) is 1.74. The molecule has 1 aromatic rings. The molecule has 2 unspecified atom stereocenters. The van der Waals surface area contributed by atoms with E-state index >= 15 is 0 Å². The van der Waals surface area contributed by atoms with Crippen molar-refractivity contribution >= 4 is 23.9 Å². The maximum atomic E-state index is 13.6. The molecule has 1 aromatic heterocycles. The first kappa shape index (κ1) is 30.3. The topological polar surface area (TPSA) is 166 Å². The second kappa shape index (κ2) is 8.53. The van der Waals surface area contributed by atoms with Crippen LogP contribution in [-0.4, -0.2) is 76.7 Å². The fourth-order valence-electron chi connectivity index (χ4n) is 12.4. The number of furan rings is 1. The van der Waals surface area contributed by atoms with Crippen molar-refractivity contribution in [3.8, 4) is 0 Å². The highest BCUT2D eigenvalue weighted by Gasteiger charge is 3.04. The molecule has 250 valence electrons. The summed E-state index contributed by atoms with van der Waals surface area (Å²) < 4.78 is 49.9. The molecule has 7 fully saturated rings. The van der Waals surface area contributed by atoms with Gasteiger partial charge in [-0.2, -0.15) is 0 Å². The molecule has 4 heterocycles. The molecule has 8 rings (SSSR count). The lowest BCUT2D eigenvalue weighted by Gasteiger charge is -2.77. The zero-order valence-corrected chi connectivity index (χ0v) is 27.0. The minimum atomic E-state index is -2.18. The Bertz CT molecular complexity index is 1570. The maximum Gasteiger partial charge on any atom is 0.306 e. The fourth-order valence-corrected chi connectivity index (χ4v) is 12.4. The van der Waals surface area contributed by atoms with Crippen LogP contribution in [0.5, 0.6) is 0 Å². The highest BCUT2D eigenvalue weighted by molar-refractivity contribution is 5.74. The third kappa shape index (κ3) is 2.88. The Morgan fingerprint density at radius 3 is 2.26 bits per heavy atom. The van der Waals surface area contributed by atoms with Crippen LogP contribution < -0.4 is 0 Å². The van der Waals surface area contributed by atoms with Gasteiger partial charge in [-0.3, -0.25) is 19.2 Å². The summed E-state index contributed by atoms with van der Waals surface area (Å²) in [5, 5.41) is 13.5. The smallest absolute Gasteiger partial charge is 0.306 e. The average molecular weight is 645 g/mol. The molecular formula is C33H40O13. The molecule has 1 N–H and O–H groups in total. The second-order valence-electron chi connectivity index (χ2n) is 15.3. The first-order valence-corrected chi connectivity index (χ1v) is 15.9. The number of methoxy groups -OCH3 is 1. The lowest BCUT2D eigenvalue weighted by atomic mass is 9.33. The average Bonchev–Trinajstić information content (AvgIpc) is 3.66. The van der Waals surface area contributed by atoms with Gasteiger partial charge in [-0.15, -0.1) is 0 Å². The second-order valence-corrected chi connectivity index (χ2v) is 15.3. The predicted molar refractivity (Wildman–Crippen MR) is 150 cm³/mol. The zero-order chi connectivity index (χ0) is 33.1. The van der Waals surface area contributed by atoms with Gasteiger partial charge < -0.3 is 42.7 Å². The molecule has 2 spiro atoms. The Balaban J connectivity index is 1.46. The number of esters is 4. The van der Waals surface area contributed by atoms with E-state index < -0.39 is 98.6 Å². The molecule has 4 aliphatic carbocycles. The summed E-state index contributed by atoms with van der Waals surface area (Å²) in [6.45, 7) is 9.89. The van der Waals surface area contributed by atoms with Crippen LogP contribution in [0.15, 0.2) is 23.0 Å². The largest absolute Gasteiger partial charge is 0.472 e. The van der Waals surface area contributed by atoms with E-state index in [0.29, 0.717) is 18.4 Å². The molecule has 4 saturated carbocycles. The predicted octanol–water partition coefficient (Wildman–Crippen LogP) is 2.87. The summed E-state index contributed by atoms with van der Waals surface area (Å²) in [6.07, 6.45) is 0.162. The van der Waals surface area contributed by atoms with Crippen molar-refractivity contribution < 1.29 is 61.9 Å². The van der Waals surface area contributed by atoms with Gasteiger partial charge >= 0.3 is 23.9 Å². The van der Waals surface area contributed by atoms with E-state index in [9.17, 15) is 24.3 Å². The maximum absolute atomic E-state index is 13.6. The van der Waals surface area contributed by atoms with Gasteiger partial charge in [-0.05, 0) is 31.2 Å². The monoisotopic (exact) mass is 644 g/mol. The van der Waals surface area contributed by atoms with Crippen LogP contribution in [0, 0.1) is 28.1 Å². The lowest BCUT2D eigenvalue weighted by molar-refractivity contribution is -0.478. The van der Waals surface area contributed by atoms with Crippen LogP contribution in [0.25, 0.3) is 0 Å². The van der Waals surface area contributed by atoms with Gasteiger partial charge in [0.2, 0.25) is 0 Å². The molecule has 0 radical (unpaired) electrons. The first-order valence-electron chi connectivity index (χ1n) is 15.9. The minimum absolute atomic E-state index is 0.0970. The number of ether oxygens (including phenoxy) is 7. The molecule has 46 heavy (non-hydrogen) atoms. The van der Waals surface area contributed by atoms with Gasteiger partial charge in [-0.25, -0.2) is 0 Å². The molecular weight excluding hydrogens is 604 g/mol. The van der Waals surface area contributed by atoms with Crippen molar-refractivity contribution in [2.24, 2.45) is 28.1 Å². The molecule has 4 bridgehead atoms. The summed E-state index contributed by atoms with van der Waals surface area (Å²) >= 11 is 0. The van der Waals surface area contributed by atoms with Crippen LogP contribution in [0.3, 0.4) is 0 Å². The summed E-state index contributed by atoms with van der Waals surface area (Å²) in [4.78, 5) is 52.8. The van der Waals surface area contributed by atoms with Gasteiger partial charge in [0.05, 0.1) is 26.1 Å². The van der Waals surface area contributed by atoms with Gasteiger partial charge in [-0.1, -0.05) is 20.8 Å². The van der Waals surface area contributed by atoms with E-state index in [0.717, 1.165) is 0 Å². The minimum Gasteiger partial charge on any atom is -0.472 e. The number of hydrogen-bond donors (Lipinski definition) is 1. The van der Waals surface area contributed by atoms with Crippen molar-refractivity contribution in [3.05, 3.63) is 24.2 Å². The third-order valence-electron chi connectivity index (χ3n) is 13.5. The van der Waals surface area contributed by atoms with Crippen molar-refractivity contribution in [2.45, 2.75) is 120 Å². The molecule has 0 amide bonds. The van der Waals surface area contributed by atoms with E-state index in [1.165, 1.54) is 33.5 Å². The number of rotatable bonds is 5. The van der Waals surface area contributed by atoms with E-state index in [-0.39, 0.29) is 19.3 Å². The van der Waals surface area contributed by atoms with Crippen molar-refractivity contribution in [3.63, 3.8) is 0 Å². The van der Waals surface area contributed by atoms with Crippen LogP contribution in [-0.2, 0) is 52.3 Å². The Labute approximate surface area is 265 Å². The molecule has 3 aliphatic heterocycles. The summed E-state index contributed by atoms with van der Waals surface area (Å²) in [7, 11) is 1.31. The highest BCUT2D eigenvalue weighted by atomic mass is 16.9. The summed E-state index contributed by atoms with van der Waals surface area (Å²) in [5.74, 6) is -5.53. The third-order valence-corrected chi connectivity index (χ3v) is 13.5. The van der Waals surface area contributed by atoms with E-state index in [1.54, 1.807) is 13.0 Å². The van der Waals surface area contributed by atoms with Crippen molar-refractivity contribution in [1.82, 2.24) is 0 Å². The Morgan fingerprint density at radius 2 is 1.63 bits per heavy atom. The standard InChI is InChI=1S/C33H40O13/c1-16(34)41-24-27(4)15-31-28(5,19(27)12-21(36)39-7)30-10-9-26(3)20(13-22(37)43-23(26)18-8-11-40-14-18)33(30,46-29(6,44-30)45-31)25(32(24,31)38)42-17(2)35/h8,11,14,19-20,23-25,38H,9-10,12-13,15H2,1-7H3/t19-,20+,23-,24-,25+,26+,27+,28-,29?,30-,31?,32-,33+/m0/s1. The van der Waals surface area contributed by atoms with E-state index in [4.69, 9.17) is 37.6 Å². The number of fused-ring (bicyclic) bond motifs is 3. The summed E-state index contributed by atoms with van der Waals surface area (Å²) in [5.41, 5.74) is -9.29. The Kier molecular flexibility index (Phi) is 5.62. The highest BCUT2D eigenvalue weighted by Crippen LogP contribution is 2.89. The van der Waals surface area contributed by atoms with Crippen LogP contribution in [0.4, 0.5) is 0 Å². The number of cyclic esters (lactones) is 1. The molecule has 3 saturated heterocycles. The van der Waals surface area contributed by atoms with Gasteiger partial charge in [0.15, 0.2) is 11.7 Å². The van der Waals surface area contributed by atoms with Gasteiger partial charge in [0.1, 0.15) is 29.0 Å². The van der Waals surface area contributed by atoms with E-state index in [2.05, 4.69) is 0 Å². The molecule has 13 nitrogen and oxygen atoms in total. The normalized spacial score (nSPS) is 53.7. The SMILES string of the molecule is COC(=O)C[C@H]1[C@@]2(C)CC34OC5(C)O[C@]6([C@@H]7CC(=O)O[C@@H](c8ccoc8)[C@]7(C)CC[C@]6(O5)[C@]13C)[C@H](OC(C)=O)[C@@]4(O)[C@H]2OC(C)=O. The number of carbonyl (C=O) groups excluding carboxylic acids is 4. The first-order chi connectivity index (χ1) is 21.4. The van der Waals surface area contributed by atoms with Gasteiger partial charge in [0.25, 0.3) is 5.97 Å². The van der Waals surface area contributed by atoms with Crippen LogP contribution >= 0.6 is 0 Å². The molecule has 7 aliphatic rings. The van der Waals surface area contributed by atoms with E-state index in [1.807, 2.05) is 20.8 Å². The molecule has 13 atom stereocenters. The van der Waals surface area contributed by atoms with Crippen molar-refractivity contribution in [1.29, 1.82) is 0 Å². The van der Waals surface area contributed by atoms with Crippen LogP contribution in [0.2, 0.25) is 0 Å². The number of carbonyl (C=O) groups is 4. The molecule has 13 heteroatoms. The van der Waals surface area contributed by atoms with Gasteiger partial charge in [0, 0.05) is 54.9 Å². The van der Waals surface area contributed by atoms with Crippen LogP contribution in [0.1, 0.15) is 85.3 Å². The Hall–Kier alpha value is -3.00. The zero-order valence-electron chi connectivity index (χ0n) is 27.0. The lowest BCUT2D eigenvalue weighted by Crippen LogP contribution is -2.93. The quantitative estimate of drug-likeness (QED) is 0.368. The number of aliphatic hydroxyl groups is 1. The van der Waals surface area contributed by atoms with Crippen molar-refractivity contribution in [2.75, 3.05) is 7.11 Å². The fraction of sp³-hybridized carbons (Fsp3) is 0.758. The number of hydrogen-bond acceptors (Lipinski definition) is 13.